The average molecular weight is 355 g/mol. The molecule has 0 aromatic carbocycles. The van der Waals surface area contributed by atoms with Crippen molar-refractivity contribution in [3.63, 3.8) is 0 Å². The largest absolute Gasteiger partial charge is 0.378 e. The second kappa shape index (κ2) is 7.88. The van der Waals surface area contributed by atoms with E-state index in [0.717, 1.165) is 18.6 Å². The van der Waals surface area contributed by atoms with Crippen molar-refractivity contribution in [3.8, 4) is 0 Å². The number of guanidine groups is 1. The Labute approximate surface area is 120 Å². The summed E-state index contributed by atoms with van der Waals surface area (Å²) in [5.41, 5.74) is 6.44. The summed E-state index contributed by atoms with van der Waals surface area (Å²) in [7, 11) is 1.68. The molecule has 6 heteroatoms. The van der Waals surface area contributed by atoms with Gasteiger partial charge in [0.05, 0.1) is 13.2 Å². The van der Waals surface area contributed by atoms with Crippen molar-refractivity contribution >= 4 is 29.9 Å². The number of nitrogens with zero attached hydrogens (tertiary/aromatic N) is 1. The molecule has 1 aliphatic heterocycles. The number of hydrogen-bond donors (Lipinski definition) is 2. The highest BCUT2D eigenvalue weighted by molar-refractivity contribution is 14.0. The Balaban J connectivity index is 0.00000256. The van der Waals surface area contributed by atoms with Crippen LogP contribution < -0.4 is 11.1 Å². The van der Waals surface area contributed by atoms with Crippen LogP contribution in [-0.4, -0.2) is 45.0 Å². The molecule has 0 bridgehead atoms. The Hall–Kier alpha value is -0.340. The van der Waals surface area contributed by atoms with Gasteiger partial charge in [0, 0.05) is 26.7 Å². The van der Waals surface area contributed by atoms with Crippen molar-refractivity contribution in [2.24, 2.45) is 10.7 Å². The first kappa shape index (κ1) is 16.7. The second-order valence-corrected chi connectivity index (χ2v) is 4.20. The molecule has 1 fully saturated rings. The quantitative estimate of drug-likeness (QED) is 0.333. The predicted octanol–water partition coefficient (Wildman–Crippen LogP) is 0.890. The van der Waals surface area contributed by atoms with Gasteiger partial charge in [0.1, 0.15) is 5.60 Å². The number of aliphatic imine (C=N–C) groups is 1. The van der Waals surface area contributed by atoms with E-state index < -0.39 is 0 Å². The van der Waals surface area contributed by atoms with Crippen LogP contribution in [0.2, 0.25) is 0 Å². The third-order valence-electron chi connectivity index (χ3n) is 2.61. The Morgan fingerprint density at radius 3 is 2.82 bits per heavy atom. The van der Waals surface area contributed by atoms with E-state index in [1.54, 1.807) is 7.11 Å². The summed E-state index contributed by atoms with van der Waals surface area (Å²) in [6.45, 7) is 8.19. The Morgan fingerprint density at radius 1 is 1.65 bits per heavy atom. The molecule has 0 aliphatic carbocycles. The lowest BCUT2D eigenvalue weighted by atomic mass is 10.0. The second-order valence-electron chi connectivity index (χ2n) is 4.20. The van der Waals surface area contributed by atoms with E-state index in [-0.39, 0.29) is 29.6 Å². The highest BCUT2D eigenvalue weighted by atomic mass is 127. The van der Waals surface area contributed by atoms with Crippen molar-refractivity contribution in [2.45, 2.75) is 18.9 Å². The molecule has 5 nitrogen and oxygen atoms in total. The van der Waals surface area contributed by atoms with E-state index in [0.29, 0.717) is 25.7 Å². The molecule has 1 rings (SSSR count). The van der Waals surface area contributed by atoms with Crippen LogP contribution in [0.3, 0.4) is 0 Å². The molecule has 1 atom stereocenters. The van der Waals surface area contributed by atoms with Crippen LogP contribution in [0.25, 0.3) is 0 Å². The van der Waals surface area contributed by atoms with E-state index in [4.69, 9.17) is 15.2 Å². The maximum absolute atomic E-state index is 5.72. The van der Waals surface area contributed by atoms with Gasteiger partial charge in [0.2, 0.25) is 0 Å². The molecule has 0 spiro atoms. The molecule has 0 amide bonds. The molecule has 1 saturated heterocycles. The number of ether oxygens (including phenoxy) is 2. The summed E-state index contributed by atoms with van der Waals surface area (Å²) < 4.78 is 10.8. The highest BCUT2D eigenvalue weighted by Crippen LogP contribution is 2.22. The maximum Gasteiger partial charge on any atom is 0.188 e. The van der Waals surface area contributed by atoms with E-state index in [1.807, 2.05) is 6.92 Å². The Morgan fingerprint density at radius 2 is 2.35 bits per heavy atom. The molecule has 1 unspecified atom stereocenters. The van der Waals surface area contributed by atoms with Gasteiger partial charge in [0.25, 0.3) is 0 Å². The summed E-state index contributed by atoms with van der Waals surface area (Å²) in [5, 5.41) is 2.98. The van der Waals surface area contributed by atoms with Gasteiger partial charge in [-0.15, -0.1) is 24.0 Å². The minimum Gasteiger partial charge on any atom is -0.378 e. The number of methoxy groups -OCH3 is 1. The zero-order valence-electron chi connectivity index (χ0n) is 10.5. The third-order valence-corrected chi connectivity index (χ3v) is 2.61. The number of rotatable bonds is 5. The normalized spacial score (nSPS) is 24.2. The molecule has 1 aliphatic rings. The first-order valence-corrected chi connectivity index (χ1v) is 5.39. The van der Waals surface area contributed by atoms with Crippen LogP contribution in [-0.2, 0) is 9.47 Å². The average Bonchev–Trinajstić information content (AvgIpc) is 2.73. The van der Waals surface area contributed by atoms with E-state index in [2.05, 4.69) is 16.9 Å². The highest BCUT2D eigenvalue weighted by Gasteiger charge is 2.34. The number of halogens is 1. The monoisotopic (exact) mass is 355 g/mol. The number of nitrogens with one attached hydrogen (secondary N) is 1. The first-order chi connectivity index (χ1) is 7.58. The van der Waals surface area contributed by atoms with E-state index in [9.17, 15) is 0 Å². The smallest absolute Gasteiger partial charge is 0.188 e. The van der Waals surface area contributed by atoms with Gasteiger partial charge in [-0.1, -0.05) is 12.2 Å². The van der Waals surface area contributed by atoms with Crippen LogP contribution in [0.5, 0.6) is 0 Å². The standard InChI is InChI=1S/C11H21N3O2.HI/c1-9(2)6-13-10(12)14-7-11(15-3)4-5-16-8-11;/h1,4-8H2,2-3H3,(H3,12,13,14);1H. The van der Waals surface area contributed by atoms with Gasteiger partial charge >= 0.3 is 0 Å². The summed E-state index contributed by atoms with van der Waals surface area (Å²) in [6, 6.07) is 0. The predicted molar refractivity (Wildman–Crippen MR) is 79.9 cm³/mol. The molecule has 0 aromatic rings. The lowest BCUT2D eigenvalue weighted by Crippen LogP contribution is -2.39. The molecule has 0 aromatic heterocycles. The summed E-state index contributed by atoms with van der Waals surface area (Å²) >= 11 is 0. The van der Waals surface area contributed by atoms with Gasteiger partial charge in [-0.3, -0.25) is 4.99 Å². The summed E-state index contributed by atoms with van der Waals surface area (Å²) in [5.74, 6) is 0.423. The lowest BCUT2D eigenvalue weighted by molar-refractivity contribution is -0.00905. The fraction of sp³-hybridized carbons (Fsp3) is 0.727. The number of nitrogens with two attached hydrogens (primary N) is 1. The fourth-order valence-corrected chi connectivity index (χ4v) is 1.47. The topological polar surface area (TPSA) is 68.9 Å². The van der Waals surface area contributed by atoms with Crippen molar-refractivity contribution < 1.29 is 9.47 Å². The maximum atomic E-state index is 5.72. The van der Waals surface area contributed by atoms with Crippen molar-refractivity contribution in [1.29, 1.82) is 0 Å². The molecule has 1 heterocycles. The Kier molecular flexibility index (Phi) is 7.73. The van der Waals surface area contributed by atoms with Gasteiger partial charge in [-0.25, -0.2) is 0 Å². The van der Waals surface area contributed by atoms with Crippen LogP contribution in [0.1, 0.15) is 13.3 Å². The zero-order chi connectivity index (χ0) is 12.0. The summed E-state index contributed by atoms with van der Waals surface area (Å²) in [4.78, 5) is 4.26. The molecule has 0 radical (unpaired) electrons. The SMILES string of the molecule is C=C(C)CNC(N)=NCC1(OC)CCOC1.I. The van der Waals surface area contributed by atoms with Crippen LogP contribution in [0, 0.1) is 0 Å². The Bertz CT molecular complexity index is 276. The summed E-state index contributed by atoms with van der Waals surface area (Å²) in [6.07, 6.45) is 0.862. The van der Waals surface area contributed by atoms with E-state index >= 15 is 0 Å². The lowest BCUT2D eigenvalue weighted by Gasteiger charge is -2.23. The van der Waals surface area contributed by atoms with E-state index in [1.165, 1.54) is 0 Å². The number of hydrogen-bond acceptors (Lipinski definition) is 3. The van der Waals surface area contributed by atoms with Crippen molar-refractivity contribution in [3.05, 3.63) is 12.2 Å². The van der Waals surface area contributed by atoms with Gasteiger partial charge in [-0.2, -0.15) is 0 Å². The van der Waals surface area contributed by atoms with Crippen LogP contribution in [0.4, 0.5) is 0 Å². The minimum absolute atomic E-state index is 0. The molecule has 17 heavy (non-hydrogen) atoms. The fourth-order valence-electron chi connectivity index (χ4n) is 1.47. The zero-order valence-corrected chi connectivity index (χ0v) is 12.8. The molecule has 3 N–H and O–H groups in total. The van der Waals surface area contributed by atoms with Gasteiger partial charge in [-0.05, 0) is 6.92 Å². The van der Waals surface area contributed by atoms with Gasteiger partial charge in [0.15, 0.2) is 5.96 Å². The van der Waals surface area contributed by atoms with Crippen LogP contribution in [0.15, 0.2) is 17.1 Å². The molecular formula is C11H22IN3O2. The minimum atomic E-state index is -0.296. The van der Waals surface area contributed by atoms with Crippen LogP contribution >= 0.6 is 24.0 Å². The molecular weight excluding hydrogens is 333 g/mol. The van der Waals surface area contributed by atoms with Gasteiger partial charge < -0.3 is 20.5 Å². The first-order valence-electron chi connectivity index (χ1n) is 5.39. The van der Waals surface area contributed by atoms with Crippen molar-refractivity contribution in [2.75, 3.05) is 33.4 Å². The molecule has 100 valence electrons. The van der Waals surface area contributed by atoms with Crippen molar-refractivity contribution in [1.82, 2.24) is 5.32 Å². The molecule has 0 saturated carbocycles. The third kappa shape index (κ3) is 5.69.